The molecule has 32 heavy (non-hydrogen) atoms. The molecule has 8 nitrogen and oxygen atoms in total. The molecule has 0 bridgehead atoms. The van der Waals surface area contributed by atoms with Crippen LogP contribution in [0.25, 0.3) is 0 Å². The Bertz CT molecular complexity index is 805. The van der Waals surface area contributed by atoms with Crippen LogP contribution in [-0.4, -0.2) is 55.2 Å². The topological polar surface area (TPSA) is 101 Å². The third-order valence-corrected chi connectivity index (χ3v) is 9.38. The Hall–Kier alpha value is -1.67. The average Bonchev–Trinajstić information content (AvgIpc) is 3.24. The van der Waals surface area contributed by atoms with Crippen molar-refractivity contribution in [3.63, 3.8) is 0 Å². The maximum absolute atomic E-state index is 12.1. The monoisotopic (exact) mass is 450 g/mol. The van der Waals surface area contributed by atoms with E-state index < -0.39 is 23.4 Å². The molecule has 2 unspecified atom stereocenters. The lowest BCUT2D eigenvalue weighted by atomic mass is 9.42. The highest BCUT2D eigenvalue weighted by atomic mass is 16.7. The molecule has 2 aliphatic carbocycles. The van der Waals surface area contributed by atoms with Crippen molar-refractivity contribution in [3.8, 4) is 0 Å². The van der Waals surface area contributed by atoms with Crippen molar-refractivity contribution in [2.24, 2.45) is 28.6 Å². The number of esters is 3. The van der Waals surface area contributed by atoms with Gasteiger partial charge in [0, 0.05) is 25.2 Å². The molecule has 0 aromatic heterocycles. The van der Waals surface area contributed by atoms with Crippen LogP contribution in [0.15, 0.2) is 0 Å². The zero-order valence-electron chi connectivity index (χ0n) is 19.4. The van der Waals surface area contributed by atoms with Gasteiger partial charge in [0.05, 0.1) is 24.5 Å². The Kier molecular flexibility index (Phi) is 5.13. The number of carbonyl (C=O) groups excluding carboxylic acids is 3. The molecule has 1 spiro atoms. The molecule has 0 amide bonds. The van der Waals surface area contributed by atoms with Gasteiger partial charge in [0.1, 0.15) is 18.3 Å². The van der Waals surface area contributed by atoms with Gasteiger partial charge in [-0.25, -0.2) is 0 Å². The predicted octanol–water partition coefficient (Wildman–Crippen LogP) is 2.76. The van der Waals surface area contributed by atoms with Gasteiger partial charge in [-0.2, -0.15) is 0 Å². The van der Waals surface area contributed by atoms with Crippen molar-refractivity contribution in [2.75, 3.05) is 13.2 Å². The van der Waals surface area contributed by atoms with E-state index in [4.69, 9.17) is 23.7 Å². The number of hydrogen-bond acceptors (Lipinski definition) is 8. The van der Waals surface area contributed by atoms with E-state index in [-0.39, 0.29) is 53.8 Å². The van der Waals surface area contributed by atoms with Gasteiger partial charge < -0.3 is 23.7 Å². The van der Waals surface area contributed by atoms with Crippen LogP contribution >= 0.6 is 0 Å². The molecule has 0 aromatic rings. The summed E-state index contributed by atoms with van der Waals surface area (Å²) in [4.78, 5) is 35.8. The van der Waals surface area contributed by atoms with Gasteiger partial charge >= 0.3 is 17.9 Å². The lowest BCUT2D eigenvalue weighted by Crippen LogP contribution is -2.69. The SMILES string of the molecule is CC(=O)OC[C@@]12[C@H](CCC[C@@]13CO3)[C@](C)([C@H]1CC3CC(=O)OC3O1)[C@@H](C)C[C@H]2OC(C)=O. The van der Waals surface area contributed by atoms with E-state index in [1.165, 1.54) is 13.8 Å². The van der Waals surface area contributed by atoms with Crippen LogP contribution < -0.4 is 0 Å². The number of epoxide rings is 1. The number of hydrogen-bond donors (Lipinski definition) is 0. The number of fused-ring (bicyclic) bond motifs is 3. The molecule has 3 saturated heterocycles. The zero-order chi connectivity index (χ0) is 22.9. The van der Waals surface area contributed by atoms with Crippen LogP contribution in [-0.2, 0) is 38.1 Å². The summed E-state index contributed by atoms with van der Waals surface area (Å²) in [6.45, 7) is 8.07. The van der Waals surface area contributed by atoms with E-state index >= 15 is 0 Å². The van der Waals surface area contributed by atoms with Crippen LogP contribution in [0.5, 0.6) is 0 Å². The molecule has 3 heterocycles. The molecule has 0 radical (unpaired) electrons. The first-order chi connectivity index (χ1) is 15.1. The van der Waals surface area contributed by atoms with E-state index in [2.05, 4.69) is 13.8 Å². The third-order valence-electron chi connectivity index (χ3n) is 9.38. The molecule has 3 aliphatic heterocycles. The first-order valence-electron chi connectivity index (χ1n) is 11.9. The molecule has 0 N–H and O–H groups in total. The fraction of sp³-hybridized carbons (Fsp3) is 0.875. The molecule has 5 fully saturated rings. The summed E-state index contributed by atoms with van der Waals surface area (Å²) in [5, 5.41) is 0. The average molecular weight is 451 g/mol. The summed E-state index contributed by atoms with van der Waals surface area (Å²) in [5.74, 6) is -0.525. The van der Waals surface area contributed by atoms with Crippen LogP contribution in [0.2, 0.25) is 0 Å². The Morgan fingerprint density at radius 1 is 1.19 bits per heavy atom. The van der Waals surface area contributed by atoms with Gasteiger partial charge in [0.2, 0.25) is 6.29 Å². The quantitative estimate of drug-likeness (QED) is 0.366. The Morgan fingerprint density at radius 3 is 2.56 bits per heavy atom. The Labute approximate surface area is 188 Å². The molecule has 2 saturated carbocycles. The van der Waals surface area contributed by atoms with Gasteiger partial charge in [0.15, 0.2) is 0 Å². The standard InChI is InChI=1S/C24H34O8/c1-13-8-19(30-15(3)26)24(12-28-14(2)25)17(6-5-7-23(24)11-29-23)22(13,4)18-9-16-10-20(27)32-21(16)31-18/h13,16-19,21H,5-12H2,1-4H3/t13-,16?,17+,18+,19+,21?,22+,23+,24-/m0/s1. The van der Waals surface area contributed by atoms with Gasteiger partial charge in [-0.3, -0.25) is 14.4 Å². The van der Waals surface area contributed by atoms with Gasteiger partial charge in [-0.05, 0) is 37.5 Å². The van der Waals surface area contributed by atoms with Gasteiger partial charge in [0.25, 0.3) is 0 Å². The van der Waals surface area contributed by atoms with Crippen LogP contribution in [0.3, 0.4) is 0 Å². The highest BCUT2D eigenvalue weighted by molar-refractivity contribution is 5.72. The van der Waals surface area contributed by atoms with Gasteiger partial charge in [-0.1, -0.05) is 20.3 Å². The maximum Gasteiger partial charge on any atom is 0.308 e. The second-order valence-corrected chi connectivity index (χ2v) is 10.8. The molecule has 178 valence electrons. The number of ether oxygens (including phenoxy) is 5. The van der Waals surface area contributed by atoms with Gasteiger partial charge in [-0.15, -0.1) is 0 Å². The summed E-state index contributed by atoms with van der Waals surface area (Å²) in [7, 11) is 0. The Balaban J connectivity index is 1.56. The second kappa shape index (κ2) is 7.42. The number of carbonyl (C=O) groups is 3. The van der Waals surface area contributed by atoms with Crippen molar-refractivity contribution >= 4 is 17.9 Å². The maximum atomic E-state index is 12.1. The molecule has 5 aliphatic rings. The molecular formula is C24H34O8. The van der Waals surface area contributed by atoms with E-state index in [1.807, 2.05) is 0 Å². The van der Waals surface area contributed by atoms with E-state index in [9.17, 15) is 14.4 Å². The Morgan fingerprint density at radius 2 is 1.94 bits per heavy atom. The zero-order valence-corrected chi connectivity index (χ0v) is 19.4. The first-order valence-corrected chi connectivity index (χ1v) is 11.9. The summed E-state index contributed by atoms with van der Waals surface area (Å²) in [6, 6.07) is 0. The van der Waals surface area contributed by atoms with Crippen LogP contribution in [0.4, 0.5) is 0 Å². The van der Waals surface area contributed by atoms with Crippen molar-refractivity contribution in [1.29, 1.82) is 0 Å². The molecule has 0 aromatic carbocycles. The van der Waals surface area contributed by atoms with E-state index in [1.54, 1.807) is 0 Å². The molecule has 5 rings (SSSR count). The largest absolute Gasteiger partial charge is 0.465 e. The normalized spacial score (nSPS) is 49.2. The second-order valence-electron chi connectivity index (χ2n) is 10.8. The van der Waals surface area contributed by atoms with Crippen molar-refractivity contribution in [1.82, 2.24) is 0 Å². The molecule has 8 heteroatoms. The summed E-state index contributed by atoms with van der Waals surface area (Å²) in [5.41, 5.74) is -1.34. The molecule has 9 atom stereocenters. The summed E-state index contributed by atoms with van der Waals surface area (Å²) >= 11 is 0. The van der Waals surface area contributed by atoms with Crippen molar-refractivity contribution in [2.45, 2.75) is 90.3 Å². The predicted molar refractivity (Wildman–Crippen MR) is 110 cm³/mol. The molecular weight excluding hydrogens is 416 g/mol. The summed E-state index contributed by atoms with van der Waals surface area (Å²) < 4.78 is 29.6. The fourth-order valence-corrected chi connectivity index (χ4v) is 7.66. The lowest BCUT2D eigenvalue weighted by molar-refractivity contribution is -0.254. The van der Waals surface area contributed by atoms with E-state index in [0.717, 1.165) is 25.7 Å². The lowest BCUT2D eigenvalue weighted by Gasteiger charge is -2.64. The van der Waals surface area contributed by atoms with Crippen molar-refractivity contribution in [3.05, 3.63) is 0 Å². The fourth-order valence-electron chi connectivity index (χ4n) is 7.66. The summed E-state index contributed by atoms with van der Waals surface area (Å²) in [6.07, 6.45) is 3.64. The van der Waals surface area contributed by atoms with E-state index in [0.29, 0.717) is 19.4 Å². The van der Waals surface area contributed by atoms with Crippen LogP contribution in [0.1, 0.15) is 66.2 Å². The third kappa shape index (κ3) is 3.05. The highest BCUT2D eigenvalue weighted by Crippen LogP contribution is 2.70. The smallest absolute Gasteiger partial charge is 0.308 e. The highest BCUT2D eigenvalue weighted by Gasteiger charge is 2.76. The minimum absolute atomic E-state index is 0.0678. The minimum Gasteiger partial charge on any atom is -0.465 e. The van der Waals surface area contributed by atoms with Crippen molar-refractivity contribution < 1.29 is 38.1 Å². The number of rotatable bonds is 4. The first kappa shape index (κ1) is 22.1. The minimum atomic E-state index is -0.623. The van der Waals surface area contributed by atoms with Crippen LogP contribution in [0, 0.1) is 28.6 Å².